The number of hydrogen-bond donors (Lipinski definition) is 1. The maximum atomic E-state index is 12.3. The van der Waals surface area contributed by atoms with Crippen molar-refractivity contribution in [1.82, 2.24) is 9.80 Å². The summed E-state index contributed by atoms with van der Waals surface area (Å²) in [6.45, 7) is 4.63. The molecule has 19 heavy (non-hydrogen) atoms. The maximum Gasteiger partial charge on any atom is 0.236 e. The Bertz CT molecular complexity index is 302. The summed E-state index contributed by atoms with van der Waals surface area (Å²) in [5.74, 6) is 0.857. The largest absolute Gasteiger partial charge is 0.342 e. The molecule has 1 saturated carbocycles. The van der Waals surface area contributed by atoms with Gasteiger partial charge in [0.05, 0.1) is 6.54 Å². The molecule has 1 amide bonds. The summed E-state index contributed by atoms with van der Waals surface area (Å²) in [6.07, 6.45) is 7.35. The van der Waals surface area contributed by atoms with Crippen LogP contribution in [0.15, 0.2) is 0 Å². The molecular weight excluding hydrogens is 238 g/mol. The van der Waals surface area contributed by atoms with Gasteiger partial charge in [-0.1, -0.05) is 26.2 Å². The Labute approximate surface area is 117 Å². The number of nitrogens with zero attached hydrogens (tertiary/aromatic N) is 2. The first-order valence-corrected chi connectivity index (χ1v) is 7.81. The Morgan fingerprint density at radius 3 is 2.58 bits per heavy atom. The zero-order valence-corrected chi connectivity index (χ0v) is 12.5. The molecule has 1 heterocycles. The monoisotopic (exact) mass is 267 g/mol. The maximum absolute atomic E-state index is 12.3. The first kappa shape index (κ1) is 14.8. The van der Waals surface area contributed by atoms with Crippen molar-refractivity contribution in [2.45, 2.75) is 57.5 Å². The molecule has 0 aromatic rings. The van der Waals surface area contributed by atoms with E-state index in [4.69, 9.17) is 5.73 Å². The van der Waals surface area contributed by atoms with Crippen molar-refractivity contribution in [1.29, 1.82) is 0 Å². The molecule has 2 aliphatic rings. The van der Waals surface area contributed by atoms with Gasteiger partial charge in [0, 0.05) is 25.7 Å². The van der Waals surface area contributed by atoms with Crippen LogP contribution < -0.4 is 5.73 Å². The molecule has 0 spiro atoms. The summed E-state index contributed by atoms with van der Waals surface area (Å²) >= 11 is 0. The Hall–Kier alpha value is -0.610. The van der Waals surface area contributed by atoms with Crippen LogP contribution in [0.25, 0.3) is 0 Å². The third kappa shape index (κ3) is 3.93. The Balaban J connectivity index is 1.79. The molecule has 4 nitrogen and oxygen atoms in total. The molecule has 1 aliphatic heterocycles. The second-order valence-electron chi connectivity index (χ2n) is 6.46. The average molecular weight is 267 g/mol. The fourth-order valence-electron chi connectivity index (χ4n) is 3.29. The SMILES string of the molecule is CC1CCN(CC(=O)N(C)C2CCCCC2)CC1N. The smallest absolute Gasteiger partial charge is 0.236 e. The van der Waals surface area contributed by atoms with Gasteiger partial charge in [0.15, 0.2) is 0 Å². The van der Waals surface area contributed by atoms with E-state index in [0.29, 0.717) is 18.5 Å². The van der Waals surface area contributed by atoms with Crippen molar-refractivity contribution in [3.8, 4) is 0 Å². The highest BCUT2D eigenvalue weighted by atomic mass is 16.2. The molecule has 1 saturated heterocycles. The van der Waals surface area contributed by atoms with E-state index in [1.165, 1.54) is 32.1 Å². The molecule has 0 radical (unpaired) electrons. The minimum atomic E-state index is 0.224. The predicted molar refractivity (Wildman–Crippen MR) is 77.8 cm³/mol. The lowest BCUT2D eigenvalue weighted by Gasteiger charge is -2.37. The van der Waals surface area contributed by atoms with Gasteiger partial charge in [0.2, 0.25) is 5.91 Å². The number of likely N-dealkylation sites (tertiary alicyclic amines) is 1. The van der Waals surface area contributed by atoms with E-state index in [0.717, 1.165) is 19.5 Å². The highest BCUT2D eigenvalue weighted by molar-refractivity contribution is 5.78. The second kappa shape index (κ2) is 6.71. The molecule has 2 fully saturated rings. The molecule has 2 atom stereocenters. The highest BCUT2D eigenvalue weighted by Crippen LogP contribution is 2.22. The van der Waals surface area contributed by atoms with E-state index in [1.54, 1.807) is 0 Å². The summed E-state index contributed by atoms with van der Waals surface area (Å²) in [6, 6.07) is 0.695. The lowest BCUT2D eigenvalue weighted by atomic mass is 9.93. The molecule has 110 valence electrons. The predicted octanol–water partition coefficient (Wildman–Crippen LogP) is 1.45. The number of carbonyl (C=O) groups excluding carboxylic acids is 1. The molecule has 1 aliphatic carbocycles. The van der Waals surface area contributed by atoms with Crippen molar-refractivity contribution >= 4 is 5.91 Å². The van der Waals surface area contributed by atoms with Gasteiger partial charge in [-0.15, -0.1) is 0 Å². The standard InChI is InChI=1S/C15H29N3O/c1-12-8-9-18(10-14(12)16)11-15(19)17(2)13-6-4-3-5-7-13/h12-14H,3-11,16H2,1-2H3. The van der Waals surface area contributed by atoms with Crippen LogP contribution >= 0.6 is 0 Å². The van der Waals surface area contributed by atoms with Crippen LogP contribution in [0.2, 0.25) is 0 Å². The van der Waals surface area contributed by atoms with E-state index in [-0.39, 0.29) is 11.9 Å². The van der Waals surface area contributed by atoms with Gasteiger partial charge < -0.3 is 10.6 Å². The molecule has 0 bridgehead atoms. The van der Waals surface area contributed by atoms with Crippen molar-refractivity contribution in [2.24, 2.45) is 11.7 Å². The van der Waals surface area contributed by atoms with Gasteiger partial charge in [-0.3, -0.25) is 9.69 Å². The summed E-state index contributed by atoms with van der Waals surface area (Å²) in [5.41, 5.74) is 6.10. The number of rotatable bonds is 3. The van der Waals surface area contributed by atoms with Gasteiger partial charge >= 0.3 is 0 Å². The van der Waals surface area contributed by atoms with E-state index >= 15 is 0 Å². The molecule has 2 rings (SSSR count). The number of hydrogen-bond acceptors (Lipinski definition) is 3. The average Bonchev–Trinajstić information content (AvgIpc) is 2.43. The highest BCUT2D eigenvalue weighted by Gasteiger charge is 2.27. The van der Waals surface area contributed by atoms with Gasteiger partial charge in [-0.2, -0.15) is 0 Å². The summed E-state index contributed by atoms with van der Waals surface area (Å²) in [4.78, 5) is 16.6. The molecule has 4 heteroatoms. The summed E-state index contributed by atoms with van der Waals surface area (Å²) in [7, 11) is 1.98. The first-order chi connectivity index (χ1) is 9.08. The fourth-order valence-corrected chi connectivity index (χ4v) is 3.29. The third-order valence-electron chi connectivity index (χ3n) is 4.98. The fraction of sp³-hybridized carbons (Fsp3) is 0.933. The van der Waals surface area contributed by atoms with Crippen molar-refractivity contribution in [3.05, 3.63) is 0 Å². The molecular formula is C15H29N3O. The van der Waals surface area contributed by atoms with E-state index in [2.05, 4.69) is 11.8 Å². The van der Waals surface area contributed by atoms with Crippen LogP contribution in [0, 0.1) is 5.92 Å². The Morgan fingerprint density at radius 1 is 1.26 bits per heavy atom. The molecule has 0 aromatic heterocycles. The topological polar surface area (TPSA) is 49.6 Å². The van der Waals surface area contributed by atoms with Crippen LogP contribution in [-0.2, 0) is 4.79 Å². The van der Waals surface area contributed by atoms with Crippen LogP contribution in [0.4, 0.5) is 0 Å². The number of amides is 1. The molecule has 0 aromatic carbocycles. The van der Waals surface area contributed by atoms with Crippen LogP contribution in [-0.4, -0.2) is 54.5 Å². The van der Waals surface area contributed by atoms with Crippen LogP contribution in [0.5, 0.6) is 0 Å². The summed E-state index contributed by atoms with van der Waals surface area (Å²) < 4.78 is 0. The number of nitrogens with two attached hydrogens (primary N) is 1. The lowest BCUT2D eigenvalue weighted by molar-refractivity contribution is -0.134. The van der Waals surface area contributed by atoms with E-state index in [9.17, 15) is 4.79 Å². The van der Waals surface area contributed by atoms with Crippen molar-refractivity contribution in [3.63, 3.8) is 0 Å². The normalized spacial score (nSPS) is 30.3. The van der Waals surface area contributed by atoms with E-state index < -0.39 is 0 Å². The van der Waals surface area contributed by atoms with Crippen molar-refractivity contribution < 1.29 is 4.79 Å². The molecule has 2 unspecified atom stereocenters. The minimum Gasteiger partial charge on any atom is -0.342 e. The number of likely N-dealkylation sites (N-methyl/N-ethyl adjacent to an activating group) is 1. The Morgan fingerprint density at radius 2 is 1.95 bits per heavy atom. The number of piperidine rings is 1. The van der Waals surface area contributed by atoms with Crippen molar-refractivity contribution in [2.75, 3.05) is 26.7 Å². The zero-order valence-electron chi connectivity index (χ0n) is 12.5. The zero-order chi connectivity index (χ0) is 13.8. The Kier molecular flexibility index (Phi) is 5.22. The first-order valence-electron chi connectivity index (χ1n) is 7.81. The minimum absolute atomic E-state index is 0.224. The second-order valence-corrected chi connectivity index (χ2v) is 6.46. The number of carbonyl (C=O) groups is 1. The lowest BCUT2D eigenvalue weighted by Crippen LogP contribution is -2.51. The summed E-state index contributed by atoms with van der Waals surface area (Å²) in [5, 5.41) is 0. The van der Waals surface area contributed by atoms with Gasteiger partial charge in [0.1, 0.15) is 0 Å². The van der Waals surface area contributed by atoms with Gasteiger partial charge in [-0.25, -0.2) is 0 Å². The van der Waals surface area contributed by atoms with E-state index in [1.807, 2.05) is 11.9 Å². The van der Waals surface area contributed by atoms with Crippen LogP contribution in [0.1, 0.15) is 45.4 Å². The van der Waals surface area contributed by atoms with Gasteiger partial charge in [0.25, 0.3) is 0 Å². The third-order valence-corrected chi connectivity index (χ3v) is 4.98. The quantitative estimate of drug-likeness (QED) is 0.842. The van der Waals surface area contributed by atoms with Crippen LogP contribution in [0.3, 0.4) is 0 Å². The van der Waals surface area contributed by atoms with Gasteiger partial charge in [-0.05, 0) is 31.7 Å². The molecule has 2 N–H and O–H groups in total.